The van der Waals surface area contributed by atoms with Gasteiger partial charge < -0.3 is 15.3 Å². The minimum Gasteiger partial charge on any atom is -0.391 e. The monoisotopic (exact) mass is 500 g/mol. The van der Waals surface area contributed by atoms with Gasteiger partial charge in [0, 0.05) is 23.7 Å². The molecule has 0 saturated heterocycles. The van der Waals surface area contributed by atoms with Crippen LogP contribution >= 0.6 is 23.2 Å². The zero-order valence-corrected chi connectivity index (χ0v) is 20.7. The summed E-state index contributed by atoms with van der Waals surface area (Å²) in [6.45, 7) is 1.48. The Morgan fingerprint density at radius 2 is 1.85 bits per heavy atom. The van der Waals surface area contributed by atoms with Crippen LogP contribution in [0.1, 0.15) is 60.1 Å². The van der Waals surface area contributed by atoms with E-state index in [1.807, 2.05) is 0 Å². The number of nitrogens with zero attached hydrogens (tertiary/aromatic N) is 3. The second-order valence-corrected chi connectivity index (χ2v) is 11.8. The number of nitrogens with one attached hydrogen (secondary N) is 1. The molecule has 2 aromatic rings. The molecular formula is C26H30Cl2N4O2. The summed E-state index contributed by atoms with van der Waals surface area (Å²) in [6, 6.07) is 4.94. The van der Waals surface area contributed by atoms with Crippen LogP contribution in [-0.4, -0.2) is 45.1 Å². The zero-order chi connectivity index (χ0) is 23.4. The van der Waals surface area contributed by atoms with Crippen molar-refractivity contribution in [2.24, 2.45) is 23.2 Å². The Balaban J connectivity index is 1.14. The van der Waals surface area contributed by atoms with Crippen LogP contribution in [0.5, 0.6) is 0 Å². The third-order valence-electron chi connectivity index (χ3n) is 8.71. The number of aromatic nitrogens is 2. The molecule has 4 saturated carbocycles. The van der Waals surface area contributed by atoms with E-state index in [-0.39, 0.29) is 17.4 Å². The first-order chi connectivity index (χ1) is 16.4. The van der Waals surface area contributed by atoms with Crippen LogP contribution in [0.3, 0.4) is 0 Å². The Bertz CT molecular complexity index is 1090. The molecule has 1 aliphatic heterocycles. The summed E-state index contributed by atoms with van der Waals surface area (Å²) in [7, 11) is 0. The molecule has 1 unspecified atom stereocenters. The van der Waals surface area contributed by atoms with Crippen LogP contribution in [0.2, 0.25) is 10.0 Å². The maximum absolute atomic E-state index is 13.1. The maximum atomic E-state index is 13.1. The van der Waals surface area contributed by atoms with Gasteiger partial charge in [-0.25, -0.2) is 9.97 Å². The average Bonchev–Trinajstić information content (AvgIpc) is 2.81. The number of rotatable bonds is 5. The summed E-state index contributed by atoms with van der Waals surface area (Å²) >= 11 is 12.2. The van der Waals surface area contributed by atoms with E-state index in [2.05, 4.69) is 15.3 Å². The Morgan fingerprint density at radius 3 is 2.53 bits per heavy atom. The van der Waals surface area contributed by atoms with Crippen molar-refractivity contribution in [3.05, 3.63) is 51.4 Å². The molecule has 1 aromatic heterocycles. The summed E-state index contributed by atoms with van der Waals surface area (Å²) in [4.78, 5) is 23.8. The molecule has 2 heterocycles. The number of aliphatic hydroxyl groups is 1. The number of hydrogen-bond acceptors (Lipinski definition) is 5. The fraction of sp³-hybridized carbons (Fsp3) is 0.577. The van der Waals surface area contributed by atoms with Gasteiger partial charge in [0.15, 0.2) is 0 Å². The summed E-state index contributed by atoms with van der Waals surface area (Å²) in [6.07, 6.45) is 9.47. The Kier molecular flexibility index (Phi) is 5.74. The topological polar surface area (TPSA) is 78.4 Å². The quantitative estimate of drug-likeness (QED) is 0.605. The molecule has 1 atom stereocenters. The number of benzene rings is 1. The van der Waals surface area contributed by atoms with Gasteiger partial charge in [0.05, 0.1) is 28.9 Å². The highest BCUT2D eigenvalue weighted by Crippen LogP contribution is 2.61. The predicted molar refractivity (Wildman–Crippen MR) is 132 cm³/mol. The van der Waals surface area contributed by atoms with Gasteiger partial charge in [-0.15, -0.1) is 0 Å². The normalized spacial score (nSPS) is 30.2. The maximum Gasteiger partial charge on any atom is 0.255 e. The Morgan fingerprint density at radius 1 is 1.15 bits per heavy atom. The number of anilines is 1. The molecule has 34 heavy (non-hydrogen) atoms. The smallest absolute Gasteiger partial charge is 0.255 e. The largest absolute Gasteiger partial charge is 0.391 e. The van der Waals surface area contributed by atoms with Crippen molar-refractivity contribution in [2.75, 3.05) is 18.4 Å². The number of fused-ring (bicyclic) bond motifs is 1. The van der Waals surface area contributed by atoms with Gasteiger partial charge in [0.1, 0.15) is 12.1 Å². The molecule has 1 amide bonds. The van der Waals surface area contributed by atoms with Gasteiger partial charge in [-0.2, -0.15) is 0 Å². The van der Waals surface area contributed by atoms with E-state index in [4.69, 9.17) is 23.2 Å². The summed E-state index contributed by atoms with van der Waals surface area (Å²) in [5.74, 6) is 3.09. The van der Waals surface area contributed by atoms with Crippen LogP contribution in [0.4, 0.5) is 5.82 Å². The molecule has 4 bridgehead atoms. The molecule has 0 spiro atoms. The number of carbonyl (C=O) groups is 1. The van der Waals surface area contributed by atoms with Gasteiger partial charge in [-0.3, -0.25) is 4.79 Å². The van der Waals surface area contributed by atoms with Crippen LogP contribution < -0.4 is 5.32 Å². The first-order valence-corrected chi connectivity index (χ1v) is 13.1. The van der Waals surface area contributed by atoms with E-state index in [0.29, 0.717) is 41.7 Å². The predicted octanol–water partition coefficient (Wildman–Crippen LogP) is 4.97. The molecular weight excluding hydrogens is 471 g/mol. The number of carbonyl (C=O) groups excluding carboxylic acids is 1. The molecule has 6 nitrogen and oxygen atoms in total. The van der Waals surface area contributed by atoms with Crippen molar-refractivity contribution in [3.8, 4) is 0 Å². The third-order valence-corrected chi connectivity index (χ3v) is 9.26. The first-order valence-electron chi connectivity index (χ1n) is 12.4. The number of hydrogen-bond donors (Lipinski definition) is 2. The van der Waals surface area contributed by atoms with Crippen molar-refractivity contribution in [1.82, 2.24) is 14.9 Å². The van der Waals surface area contributed by atoms with Crippen molar-refractivity contribution in [2.45, 2.75) is 57.6 Å². The van der Waals surface area contributed by atoms with E-state index >= 15 is 0 Å². The molecule has 1 aromatic carbocycles. The van der Waals surface area contributed by atoms with E-state index in [0.717, 1.165) is 34.8 Å². The molecule has 4 fully saturated rings. The first kappa shape index (κ1) is 22.6. The summed E-state index contributed by atoms with van der Waals surface area (Å²) in [5, 5.41) is 15.6. The van der Waals surface area contributed by atoms with Crippen molar-refractivity contribution in [3.63, 3.8) is 0 Å². The fourth-order valence-electron chi connectivity index (χ4n) is 7.51. The molecule has 4 aliphatic carbocycles. The third kappa shape index (κ3) is 3.98. The van der Waals surface area contributed by atoms with Crippen molar-refractivity contribution < 1.29 is 9.90 Å². The lowest BCUT2D eigenvalue weighted by molar-refractivity contribution is -0.115. The fourth-order valence-corrected chi connectivity index (χ4v) is 8.00. The minimum atomic E-state index is -0.361. The van der Waals surface area contributed by atoms with Gasteiger partial charge in [-0.05, 0) is 86.3 Å². The standard InChI is InChI=1S/C26H30Cl2N4O2/c27-18-1-2-19(21(28)8-18)25(34)32-4-3-20-22(13-32)30-14-31-24(20)29-12-23(33)26-9-15-5-16(10-26)7-17(6-15)11-26/h1-2,8,14-17,23,33H,3-7,9-13H2,(H,29,30,31). The van der Waals surface area contributed by atoms with Gasteiger partial charge in [0.2, 0.25) is 0 Å². The highest BCUT2D eigenvalue weighted by atomic mass is 35.5. The zero-order valence-electron chi connectivity index (χ0n) is 19.1. The van der Waals surface area contributed by atoms with Crippen molar-refractivity contribution >= 4 is 34.9 Å². The average molecular weight is 501 g/mol. The van der Waals surface area contributed by atoms with Gasteiger partial charge in [-0.1, -0.05) is 23.2 Å². The number of amides is 1. The lowest BCUT2D eigenvalue weighted by atomic mass is 9.48. The second kappa shape index (κ2) is 8.65. The highest BCUT2D eigenvalue weighted by Gasteiger charge is 2.53. The van der Waals surface area contributed by atoms with E-state index < -0.39 is 0 Å². The molecule has 2 N–H and O–H groups in total. The number of aliphatic hydroxyl groups excluding tert-OH is 1. The Hall–Kier alpha value is -1.89. The van der Waals surface area contributed by atoms with E-state index in [9.17, 15) is 9.90 Å². The van der Waals surface area contributed by atoms with Crippen LogP contribution in [0.15, 0.2) is 24.5 Å². The van der Waals surface area contributed by atoms with Gasteiger partial charge >= 0.3 is 0 Å². The molecule has 7 rings (SSSR count). The molecule has 8 heteroatoms. The summed E-state index contributed by atoms with van der Waals surface area (Å²) < 4.78 is 0. The lowest BCUT2D eigenvalue weighted by Gasteiger charge is -2.58. The van der Waals surface area contributed by atoms with Crippen LogP contribution in [-0.2, 0) is 13.0 Å². The van der Waals surface area contributed by atoms with E-state index in [1.165, 1.54) is 38.5 Å². The Labute approximate surface area is 210 Å². The van der Waals surface area contributed by atoms with Gasteiger partial charge in [0.25, 0.3) is 5.91 Å². The van der Waals surface area contributed by atoms with Crippen LogP contribution in [0.25, 0.3) is 0 Å². The van der Waals surface area contributed by atoms with E-state index in [1.54, 1.807) is 29.4 Å². The molecule has 0 radical (unpaired) electrons. The van der Waals surface area contributed by atoms with Crippen LogP contribution in [0, 0.1) is 23.2 Å². The SMILES string of the molecule is O=C(c1ccc(Cl)cc1Cl)N1CCc2c(ncnc2NCC(O)C23CC4CC(CC(C4)C2)C3)C1. The second-order valence-electron chi connectivity index (χ2n) is 10.9. The minimum absolute atomic E-state index is 0.0793. The lowest BCUT2D eigenvalue weighted by Crippen LogP contribution is -2.53. The van der Waals surface area contributed by atoms with Crippen molar-refractivity contribution in [1.29, 1.82) is 0 Å². The molecule has 5 aliphatic rings. The summed E-state index contributed by atoms with van der Waals surface area (Å²) in [5.41, 5.74) is 2.40. The highest BCUT2D eigenvalue weighted by molar-refractivity contribution is 6.36. The molecule has 180 valence electrons. The number of halogens is 2.